The number of nitrogens with one attached hydrogen (secondary N) is 2. The number of H-pyrrole nitrogens is 1. The van der Waals surface area contributed by atoms with Gasteiger partial charge in [0.05, 0.1) is 29.8 Å². The van der Waals surface area contributed by atoms with Gasteiger partial charge in [-0.15, -0.1) is 0 Å². The Kier molecular flexibility index (Phi) is 5.09. The number of morpholine rings is 1. The van der Waals surface area contributed by atoms with Crippen molar-refractivity contribution in [2.75, 3.05) is 36.5 Å². The van der Waals surface area contributed by atoms with Crippen molar-refractivity contribution >= 4 is 28.3 Å². The number of carbonyl (C=O) groups is 1. The Hall–Kier alpha value is -3.71. The topological polar surface area (TPSA) is 70.2 Å². The molecule has 0 atom stereocenters. The van der Waals surface area contributed by atoms with E-state index in [1.807, 2.05) is 42.5 Å². The van der Waals surface area contributed by atoms with E-state index in [2.05, 4.69) is 20.2 Å². The van der Waals surface area contributed by atoms with Crippen molar-refractivity contribution in [3.63, 3.8) is 0 Å². The van der Waals surface area contributed by atoms with Gasteiger partial charge in [0.2, 0.25) is 0 Å². The molecule has 0 saturated carbocycles. The van der Waals surface area contributed by atoms with Gasteiger partial charge in [-0.05, 0) is 42.5 Å². The van der Waals surface area contributed by atoms with Crippen molar-refractivity contribution < 1.29 is 13.9 Å². The van der Waals surface area contributed by atoms with Gasteiger partial charge in [0.1, 0.15) is 11.6 Å². The Bertz CT molecular complexity index is 1250. The number of ether oxygens (including phenoxy) is 1. The number of hydrogen-bond donors (Lipinski definition) is 2. The van der Waals surface area contributed by atoms with Crippen LogP contribution in [-0.2, 0) is 4.74 Å². The standard InChI is InChI=1S/C24H21FN4O2/c25-17-5-3-4-16(14-17)23-27-20-9-8-18(15-21(20)28-23)26-24(30)19-6-1-2-7-22(19)29-10-12-31-13-11-29/h1-9,14-15H,10-13H2,(H,26,30)(H,27,28). The molecule has 1 saturated heterocycles. The lowest BCUT2D eigenvalue weighted by Gasteiger charge is -2.30. The molecule has 1 aromatic heterocycles. The summed E-state index contributed by atoms with van der Waals surface area (Å²) in [6.07, 6.45) is 0. The molecule has 31 heavy (non-hydrogen) atoms. The fraction of sp³-hybridized carbons (Fsp3) is 0.167. The van der Waals surface area contributed by atoms with Gasteiger partial charge in [0.25, 0.3) is 5.91 Å². The summed E-state index contributed by atoms with van der Waals surface area (Å²) in [5.74, 6) is 0.0896. The van der Waals surface area contributed by atoms with Gasteiger partial charge in [-0.25, -0.2) is 9.37 Å². The molecule has 4 aromatic rings. The molecule has 7 heteroatoms. The average Bonchev–Trinajstić information content (AvgIpc) is 3.23. The molecular formula is C24H21FN4O2. The number of carbonyl (C=O) groups excluding carboxylic acids is 1. The summed E-state index contributed by atoms with van der Waals surface area (Å²) in [7, 11) is 0. The predicted molar refractivity (Wildman–Crippen MR) is 119 cm³/mol. The summed E-state index contributed by atoms with van der Waals surface area (Å²) in [6.45, 7) is 2.82. The van der Waals surface area contributed by atoms with E-state index in [-0.39, 0.29) is 11.7 Å². The van der Waals surface area contributed by atoms with Crippen LogP contribution >= 0.6 is 0 Å². The van der Waals surface area contributed by atoms with Crippen molar-refractivity contribution in [3.8, 4) is 11.4 Å². The maximum atomic E-state index is 13.5. The SMILES string of the molecule is O=C(Nc1ccc2nc(-c3cccc(F)c3)[nH]c2c1)c1ccccc1N1CCOCC1. The number of aromatic amines is 1. The largest absolute Gasteiger partial charge is 0.378 e. The zero-order valence-corrected chi connectivity index (χ0v) is 16.8. The minimum absolute atomic E-state index is 0.175. The molecule has 1 aliphatic rings. The molecule has 156 valence electrons. The Morgan fingerprint density at radius 3 is 2.71 bits per heavy atom. The van der Waals surface area contributed by atoms with Gasteiger partial charge in [-0.1, -0.05) is 24.3 Å². The number of benzene rings is 3. The van der Waals surface area contributed by atoms with Gasteiger partial charge >= 0.3 is 0 Å². The smallest absolute Gasteiger partial charge is 0.257 e. The third-order valence-corrected chi connectivity index (χ3v) is 5.34. The number of anilines is 2. The van der Waals surface area contributed by atoms with Crippen LogP contribution in [0.1, 0.15) is 10.4 Å². The van der Waals surface area contributed by atoms with E-state index in [1.54, 1.807) is 12.1 Å². The van der Waals surface area contributed by atoms with Crippen LogP contribution < -0.4 is 10.2 Å². The zero-order chi connectivity index (χ0) is 21.2. The summed E-state index contributed by atoms with van der Waals surface area (Å²) in [6, 6.07) is 19.3. The third kappa shape index (κ3) is 4.00. The molecule has 1 aliphatic heterocycles. The van der Waals surface area contributed by atoms with Gasteiger partial charge in [0.15, 0.2) is 0 Å². The first-order valence-corrected chi connectivity index (χ1v) is 10.2. The van der Waals surface area contributed by atoms with E-state index in [4.69, 9.17) is 4.74 Å². The van der Waals surface area contributed by atoms with E-state index in [1.165, 1.54) is 12.1 Å². The quantitative estimate of drug-likeness (QED) is 0.515. The minimum Gasteiger partial charge on any atom is -0.378 e. The maximum Gasteiger partial charge on any atom is 0.257 e. The maximum absolute atomic E-state index is 13.5. The lowest BCUT2D eigenvalue weighted by Crippen LogP contribution is -2.37. The highest BCUT2D eigenvalue weighted by Gasteiger charge is 2.18. The molecule has 2 N–H and O–H groups in total. The number of imidazole rings is 1. The zero-order valence-electron chi connectivity index (χ0n) is 16.8. The highest BCUT2D eigenvalue weighted by molar-refractivity contribution is 6.08. The van der Waals surface area contributed by atoms with Crippen molar-refractivity contribution in [2.45, 2.75) is 0 Å². The van der Waals surface area contributed by atoms with Crippen LogP contribution in [0.2, 0.25) is 0 Å². The van der Waals surface area contributed by atoms with Crippen LogP contribution in [-0.4, -0.2) is 42.2 Å². The second-order valence-corrected chi connectivity index (χ2v) is 7.40. The molecule has 5 rings (SSSR count). The Balaban J connectivity index is 1.40. The van der Waals surface area contributed by atoms with Gasteiger partial charge < -0.3 is 19.9 Å². The molecule has 0 spiro atoms. The third-order valence-electron chi connectivity index (χ3n) is 5.34. The lowest BCUT2D eigenvalue weighted by molar-refractivity contribution is 0.102. The van der Waals surface area contributed by atoms with Crippen LogP contribution in [0.5, 0.6) is 0 Å². The molecular weight excluding hydrogens is 395 g/mol. The Labute approximate surface area is 178 Å². The molecule has 6 nitrogen and oxygen atoms in total. The van der Waals surface area contributed by atoms with E-state index in [0.717, 1.165) is 29.8 Å². The van der Waals surface area contributed by atoms with Gasteiger partial charge in [-0.3, -0.25) is 4.79 Å². The number of amides is 1. The Morgan fingerprint density at radius 1 is 1.03 bits per heavy atom. The predicted octanol–water partition coefficient (Wildman–Crippen LogP) is 4.46. The second kappa shape index (κ2) is 8.20. The van der Waals surface area contributed by atoms with Crippen LogP contribution in [0.3, 0.4) is 0 Å². The van der Waals surface area contributed by atoms with E-state index < -0.39 is 0 Å². The summed E-state index contributed by atoms with van der Waals surface area (Å²) in [4.78, 5) is 22.9. The Morgan fingerprint density at radius 2 is 1.87 bits per heavy atom. The van der Waals surface area contributed by atoms with Crippen molar-refractivity contribution in [1.82, 2.24) is 9.97 Å². The highest BCUT2D eigenvalue weighted by Crippen LogP contribution is 2.26. The van der Waals surface area contributed by atoms with Gasteiger partial charge in [-0.2, -0.15) is 0 Å². The average molecular weight is 416 g/mol. The lowest BCUT2D eigenvalue weighted by atomic mass is 10.1. The van der Waals surface area contributed by atoms with Crippen molar-refractivity contribution in [1.29, 1.82) is 0 Å². The fourth-order valence-corrected chi connectivity index (χ4v) is 3.80. The summed E-state index contributed by atoms with van der Waals surface area (Å²) >= 11 is 0. The molecule has 0 bridgehead atoms. The first kappa shape index (κ1) is 19.3. The van der Waals surface area contributed by atoms with E-state index in [0.29, 0.717) is 35.9 Å². The number of halogens is 1. The first-order chi connectivity index (χ1) is 15.2. The number of fused-ring (bicyclic) bond motifs is 1. The molecule has 1 fully saturated rings. The minimum atomic E-state index is -0.315. The molecule has 1 amide bonds. The summed E-state index contributed by atoms with van der Waals surface area (Å²) in [5.41, 5.74) is 4.35. The van der Waals surface area contributed by atoms with Gasteiger partial charge in [0, 0.05) is 30.0 Å². The van der Waals surface area contributed by atoms with E-state index in [9.17, 15) is 9.18 Å². The van der Waals surface area contributed by atoms with E-state index >= 15 is 0 Å². The summed E-state index contributed by atoms with van der Waals surface area (Å²) < 4.78 is 19.0. The number of hydrogen-bond acceptors (Lipinski definition) is 4. The molecule has 0 unspecified atom stereocenters. The van der Waals surface area contributed by atoms with Crippen molar-refractivity contribution in [3.05, 3.63) is 78.1 Å². The normalized spacial score (nSPS) is 14.0. The molecule has 2 heterocycles. The number of para-hydroxylation sites is 1. The van der Waals surface area contributed by atoms with Crippen LogP contribution in [0.15, 0.2) is 66.7 Å². The first-order valence-electron chi connectivity index (χ1n) is 10.2. The molecule has 0 aliphatic carbocycles. The van der Waals surface area contributed by atoms with Crippen molar-refractivity contribution in [2.24, 2.45) is 0 Å². The second-order valence-electron chi connectivity index (χ2n) is 7.40. The monoisotopic (exact) mass is 416 g/mol. The highest BCUT2D eigenvalue weighted by atomic mass is 19.1. The van der Waals surface area contributed by atoms with Crippen LogP contribution in [0, 0.1) is 5.82 Å². The number of nitrogens with zero attached hydrogens (tertiary/aromatic N) is 2. The van der Waals surface area contributed by atoms with Crippen LogP contribution in [0.4, 0.5) is 15.8 Å². The fourth-order valence-electron chi connectivity index (χ4n) is 3.80. The number of rotatable bonds is 4. The number of aromatic nitrogens is 2. The molecule has 3 aromatic carbocycles. The summed E-state index contributed by atoms with van der Waals surface area (Å²) in [5, 5.41) is 2.98. The molecule has 0 radical (unpaired) electrons. The van der Waals surface area contributed by atoms with Crippen LogP contribution in [0.25, 0.3) is 22.4 Å².